The van der Waals surface area contributed by atoms with Gasteiger partial charge < -0.3 is 5.11 Å². The molecule has 0 aromatic rings. The molecule has 0 aromatic heterocycles. The summed E-state index contributed by atoms with van der Waals surface area (Å²) in [7, 11) is 0. The molecule has 0 aliphatic heterocycles. The zero-order valence-corrected chi connectivity index (χ0v) is 8.78. The van der Waals surface area contributed by atoms with E-state index in [4.69, 9.17) is 5.11 Å². The van der Waals surface area contributed by atoms with Gasteiger partial charge in [0.1, 0.15) is 0 Å². The lowest BCUT2D eigenvalue weighted by Crippen LogP contribution is -2.41. The Morgan fingerprint density at radius 1 is 1.43 bits per heavy atom. The molecule has 2 aliphatic carbocycles. The first-order valence-electron chi connectivity index (χ1n) is 5.66. The Hall–Kier alpha value is -0.570. The maximum absolute atomic E-state index is 10.7. The van der Waals surface area contributed by atoms with E-state index in [0.29, 0.717) is 6.04 Å². The molecule has 0 aromatic carbocycles. The van der Waals surface area contributed by atoms with Crippen molar-refractivity contribution in [2.75, 3.05) is 13.1 Å². The van der Waals surface area contributed by atoms with Gasteiger partial charge in [-0.3, -0.25) is 9.69 Å². The average Bonchev–Trinajstić information content (AvgIpc) is 2.74. The van der Waals surface area contributed by atoms with Gasteiger partial charge in [0.2, 0.25) is 0 Å². The highest BCUT2D eigenvalue weighted by atomic mass is 16.4. The number of nitrogens with zero attached hydrogens (tertiary/aromatic N) is 1. The second-order valence-corrected chi connectivity index (χ2v) is 4.70. The Morgan fingerprint density at radius 3 is 2.64 bits per heavy atom. The van der Waals surface area contributed by atoms with Crippen LogP contribution < -0.4 is 0 Å². The number of carboxylic acid groups (broad SMARTS) is 1. The molecule has 3 atom stereocenters. The lowest BCUT2D eigenvalue weighted by atomic mass is 9.94. The summed E-state index contributed by atoms with van der Waals surface area (Å²) in [4.78, 5) is 12.8. The highest BCUT2D eigenvalue weighted by Gasteiger charge is 2.42. The Labute approximate surface area is 85.1 Å². The number of hydrogen-bond acceptors (Lipinski definition) is 2. The van der Waals surface area contributed by atoms with Crippen LogP contribution in [0.4, 0.5) is 0 Å². The van der Waals surface area contributed by atoms with Crippen LogP contribution in [0.25, 0.3) is 0 Å². The van der Waals surface area contributed by atoms with Gasteiger partial charge in [-0.25, -0.2) is 0 Å². The van der Waals surface area contributed by atoms with Gasteiger partial charge >= 0.3 is 5.97 Å². The number of hydrogen-bond donors (Lipinski definition) is 1. The van der Waals surface area contributed by atoms with Crippen LogP contribution in [0.2, 0.25) is 0 Å². The molecule has 3 nitrogen and oxygen atoms in total. The smallest absolute Gasteiger partial charge is 0.317 e. The Morgan fingerprint density at radius 2 is 2.21 bits per heavy atom. The van der Waals surface area contributed by atoms with E-state index in [2.05, 4.69) is 11.8 Å². The predicted molar refractivity (Wildman–Crippen MR) is 54.1 cm³/mol. The van der Waals surface area contributed by atoms with Crippen molar-refractivity contribution in [1.82, 2.24) is 4.90 Å². The van der Waals surface area contributed by atoms with E-state index in [9.17, 15) is 4.79 Å². The lowest BCUT2D eigenvalue weighted by molar-refractivity contribution is -0.139. The highest BCUT2D eigenvalue weighted by Crippen LogP contribution is 2.46. The molecule has 2 rings (SSSR count). The fourth-order valence-electron chi connectivity index (χ4n) is 3.30. The summed E-state index contributed by atoms with van der Waals surface area (Å²) in [5.74, 6) is 1.00. The highest BCUT2D eigenvalue weighted by molar-refractivity contribution is 5.69. The van der Waals surface area contributed by atoms with Crippen molar-refractivity contribution in [3.63, 3.8) is 0 Å². The SMILES string of the molecule is CCN(CC(=O)O)C1CC2CCC1C2. The van der Waals surface area contributed by atoms with Crippen LogP contribution in [0.15, 0.2) is 0 Å². The Kier molecular flexibility index (Phi) is 2.77. The third-order valence-electron chi connectivity index (χ3n) is 3.91. The van der Waals surface area contributed by atoms with E-state index in [1.54, 1.807) is 0 Å². The molecule has 0 saturated heterocycles. The maximum Gasteiger partial charge on any atom is 0.317 e. The van der Waals surface area contributed by atoms with Crippen molar-refractivity contribution < 1.29 is 9.90 Å². The fraction of sp³-hybridized carbons (Fsp3) is 0.909. The fourth-order valence-corrected chi connectivity index (χ4v) is 3.30. The molecule has 80 valence electrons. The molecule has 14 heavy (non-hydrogen) atoms. The first-order chi connectivity index (χ1) is 6.70. The van der Waals surface area contributed by atoms with Gasteiger partial charge in [0, 0.05) is 6.04 Å². The number of fused-ring (bicyclic) bond motifs is 2. The number of likely N-dealkylation sites (N-methyl/N-ethyl adjacent to an activating group) is 1. The number of carboxylic acids is 1. The number of rotatable bonds is 4. The average molecular weight is 197 g/mol. The second kappa shape index (κ2) is 3.89. The van der Waals surface area contributed by atoms with E-state index in [1.165, 1.54) is 25.7 Å². The van der Waals surface area contributed by atoms with E-state index in [0.717, 1.165) is 18.4 Å². The standard InChI is InChI=1S/C11H19NO2/c1-2-12(7-11(13)14)10-6-8-3-4-9(10)5-8/h8-10H,2-7H2,1H3,(H,13,14). The van der Waals surface area contributed by atoms with Crippen LogP contribution in [-0.2, 0) is 4.79 Å². The van der Waals surface area contributed by atoms with Gasteiger partial charge in [0.05, 0.1) is 6.54 Å². The minimum Gasteiger partial charge on any atom is -0.480 e. The Bertz CT molecular complexity index is 229. The summed E-state index contributed by atoms with van der Waals surface area (Å²) in [5.41, 5.74) is 0. The molecule has 3 unspecified atom stereocenters. The van der Waals surface area contributed by atoms with E-state index in [-0.39, 0.29) is 6.54 Å². The van der Waals surface area contributed by atoms with Gasteiger partial charge in [-0.05, 0) is 37.6 Å². The minimum absolute atomic E-state index is 0.227. The van der Waals surface area contributed by atoms with Crippen molar-refractivity contribution >= 4 is 5.97 Å². The van der Waals surface area contributed by atoms with Crippen molar-refractivity contribution in [2.24, 2.45) is 11.8 Å². The molecule has 2 fully saturated rings. The van der Waals surface area contributed by atoms with Crippen molar-refractivity contribution in [3.05, 3.63) is 0 Å². The quantitative estimate of drug-likeness (QED) is 0.744. The first kappa shape index (κ1) is 9.97. The lowest BCUT2D eigenvalue weighted by Gasteiger charge is -2.32. The predicted octanol–water partition coefficient (Wildman–Crippen LogP) is 1.58. The van der Waals surface area contributed by atoms with E-state index >= 15 is 0 Å². The van der Waals surface area contributed by atoms with Crippen LogP contribution in [-0.4, -0.2) is 35.1 Å². The molecule has 2 bridgehead atoms. The largest absolute Gasteiger partial charge is 0.480 e. The molecule has 2 saturated carbocycles. The summed E-state index contributed by atoms with van der Waals surface area (Å²) in [6.45, 7) is 3.17. The monoisotopic (exact) mass is 197 g/mol. The molecule has 0 heterocycles. The first-order valence-corrected chi connectivity index (χ1v) is 5.66. The van der Waals surface area contributed by atoms with Gasteiger partial charge in [-0.1, -0.05) is 13.3 Å². The number of aliphatic carboxylic acids is 1. The number of carbonyl (C=O) groups is 1. The molecular formula is C11H19NO2. The summed E-state index contributed by atoms with van der Waals surface area (Å²) in [6.07, 6.45) is 5.30. The molecule has 0 radical (unpaired) electrons. The molecule has 0 spiro atoms. The van der Waals surface area contributed by atoms with E-state index in [1.807, 2.05) is 0 Å². The van der Waals surface area contributed by atoms with Gasteiger partial charge in [-0.15, -0.1) is 0 Å². The zero-order chi connectivity index (χ0) is 10.1. The summed E-state index contributed by atoms with van der Waals surface area (Å²) >= 11 is 0. The molecular weight excluding hydrogens is 178 g/mol. The minimum atomic E-state index is -0.686. The van der Waals surface area contributed by atoms with Crippen LogP contribution in [0.3, 0.4) is 0 Å². The maximum atomic E-state index is 10.7. The van der Waals surface area contributed by atoms with Crippen LogP contribution in [0, 0.1) is 11.8 Å². The van der Waals surface area contributed by atoms with Crippen molar-refractivity contribution in [1.29, 1.82) is 0 Å². The topological polar surface area (TPSA) is 40.5 Å². The summed E-state index contributed by atoms with van der Waals surface area (Å²) in [5, 5.41) is 8.80. The van der Waals surface area contributed by atoms with Gasteiger partial charge in [-0.2, -0.15) is 0 Å². The van der Waals surface area contributed by atoms with Crippen LogP contribution in [0.1, 0.15) is 32.6 Å². The molecule has 2 aliphatic rings. The van der Waals surface area contributed by atoms with Gasteiger partial charge in [0.15, 0.2) is 0 Å². The van der Waals surface area contributed by atoms with Crippen LogP contribution in [0.5, 0.6) is 0 Å². The molecule has 3 heteroatoms. The van der Waals surface area contributed by atoms with E-state index < -0.39 is 5.97 Å². The third kappa shape index (κ3) is 1.78. The normalized spacial score (nSPS) is 35.4. The van der Waals surface area contributed by atoms with Crippen LogP contribution >= 0.6 is 0 Å². The molecule has 1 N–H and O–H groups in total. The van der Waals surface area contributed by atoms with Gasteiger partial charge in [0.25, 0.3) is 0 Å². The van der Waals surface area contributed by atoms with Crippen molar-refractivity contribution in [2.45, 2.75) is 38.6 Å². The summed E-state index contributed by atoms with van der Waals surface area (Å²) < 4.78 is 0. The van der Waals surface area contributed by atoms with Crippen molar-refractivity contribution in [3.8, 4) is 0 Å². The second-order valence-electron chi connectivity index (χ2n) is 4.70. The third-order valence-corrected chi connectivity index (χ3v) is 3.91. The summed E-state index contributed by atoms with van der Waals surface area (Å²) in [6, 6.07) is 0.565. The zero-order valence-electron chi connectivity index (χ0n) is 8.78. The molecule has 0 amide bonds. The Balaban J connectivity index is 1.95.